The number of hydrazine groups is 1. The molecular formula is C11H15N3OS. The highest BCUT2D eigenvalue weighted by Gasteiger charge is 2.16. The summed E-state index contributed by atoms with van der Waals surface area (Å²) in [4.78, 5) is 11.1. The highest BCUT2D eigenvalue weighted by atomic mass is 32.2. The van der Waals surface area contributed by atoms with E-state index in [1.165, 1.54) is 11.1 Å². The number of aryl methyl sites for hydroxylation is 1. The van der Waals surface area contributed by atoms with Crippen molar-refractivity contribution in [3.63, 3.8) is 0 Å². The Morgan fingerprint density at radius 3 is 3.12 bits per heavy atom. The fourth-order valence-electron chi connectivity index (χ4n) is 1.52. The van der Waals surface area contributed by atoms with Crippen molar-refractivity contribution in [3.05, 3.63) is 35.4 Å². The zero-order valence-corrected chi connectivity index (χ0v) is 9.93. The lowest BCUT2D eigenvalue weighted by atomic mass is 10.2. The molecule has 1 aromatic carbocycles. The van der Waals surface area contributed by atoms with Crippen LogP contribution in [0.15, 0.2) is 24.3 Å². The van der Waals surface area contributed by atoms with Crippen LogP contribution in [0.4, 0.5) is 0 Å². The molecule has 16 heavy (non-hydrogen) atoms. The van der Waals surface area contributed by atoms with Crippen molar-refractivity contribution in [1.29, 1.82) is 0 Å². The largest absolute Gasteiger partial charge is 0.330 e. The van der Waals surface area contributed by atoms with Gasteiger partial charge in [-0.15, -0.1) is 11.8 Å². The molecule has 1 amide bonds. The molecule has 1 aromatic rings. The number of carbonyl (C=O) groups excluding carboxylic acids is 1. The fourth-order valence-corrected chi connectivity index (χ4v) is 2.44. The van der Waals surface area contributed by atoms with Gasteiger partial charge in [-0.3, -0.25) is 4.79 Å². The molecule has 1 fully saturated rings. The summed E-state index contributed by atoms with van der Waals surface area (Å²) in [5.41, 5.74) is 8.34. The summed E-state index contributed by atoms with van der Waals surface area (Å²) < 4.78 is 0. The van der Waals surface area contributed by atoms with Crippen LogP contribution in [0.1, 0.15) is 11.1 Å². The van der Waals surface area contributed by atoms with E-state index in [1.807, 2.05) is 0 Å². The monoisotopic (exact) mass is 237 g/mol. The molecule has 1 aliphatic rings. The van der Waals surface area contributed by atoms with Crippen molar-refractivity contribution < 1.29 is 4.79 Å². The van der Waals surface area contributed by atoms with Crippen LogP contribution in [-0.2, 0) is 10.5 Å². The number of benzene rings is 1. The number of rotatable bonds is 3. The van der Waals surface area contributed by atoms with Gasteiger partial charge in [0, 0.05) is 5.75 Å². The first-order chi connectivity index (χ1) is 7.74. The van der Waals surface area contributed by atoms with E-state index in [-0.39, 0.29) is 11.4 Å². The second kappa shape index (κ2) is 5.34. The third-order valence-corrected chi connectivity index (χ3v) is 3.34. The van der Waals surface area contributed by atoms with Crippen molar-refractivity contribution in [3.8, 4) is 0 Å². The minimum absolute atomic E-state index is 0.0282. The lowest BCUT2D eigenvalue weighted by Crippen LogP contribution is -2.58. The normalized spacial score (nSPS) is 20.6. The predicted octanol–water partition coefficient (Wildman–Crippen LogP) is 0.736. The maximum Gasteiger partial charge on any atom is 0.237 e. The molecule has 0 aromatic heterocycles. The predicted molar refractivity (Wildman–Crippen MR) is 65.5 cm³/mol. The van der Waals surface area contributed by atoms with Crippen molar-refractivity contribution in [2.75, 3.05) is 6.54 Å². The van der Waals surface area contributed by atoms with Crippen LogP contribution in [0.3, 0.4) is 0 Å². The maximum atomic E-state index is 11.1. The van der Waals surface area contributed by atoms with E-state index in [4.69, 9.17) is 0 Å². The number of carbonyl (C=O) groups is 1. The minimum Gasteiger partial charge on any atom is -0.330 e. The molecule has 5 heteroatoms. The maximum absolute atomic E-state index is 11.1. The number of hydrogen-bond acceptors (Lipinski definition) is 4. The molecule has 0 aliphatic carbocycles. The molecule has 1 aliphatic heterocycles. The van der Waals surface area contributed by atoms with Gasteiger partial charge in [0.2, 0.25) is 5.91 Å². The second-order valence-electron chi connectivity index (χ2n) is 3.75. The van der Waals surface area contributed by atoms with Crippen molar-refractivity contribution >= 4 is 17.7 Å². The molecule has 1 heterocycles. The molecule has 0 bridgehead atoms. The van der Waals surface area contributed by atoms with E-state index in [0.29, 0.717) is 6.54 Å². The number of hydrogen-bond donors (Lipinski definition) is 3. The van der Waals surface area contributed by atoms with Crippen molar-refractivity contribution in [1.82, 2.24) is 16.2 Å². The first-order valence-electron chi connectivity index (χ1n) is 5.19. The van der Waals surface area contributed by atoms with Crippen LogP contribution < -0.4 is 16.2 Å². The summed E-state index contributed by atoms with van der Waals surface area (Å²) in [6, 6.07) is 8.38. The summed E-state index contributed by atoms with van der Waals surface area (Å²) in [7, 11) is 0. The Morgan fingerprint density at radius 2 is 2.38 bits per heavy atom. The number of thioether (sulfide) groups is 1. The second-order valence-corrected chi connectivity index (χ2v) is 4.84. The highest BCUT2D eigenvalue weighted by Crippen LogP contribution is 2.16. The van der Waals surface area contributed by atoms with E-state index in [2.05, 4.69) is 47.4 Å². The Hall–Kier alpha value is -1.04. The van der Waals surface area contributed by atoms with Gasteiger partial charge in [-0.2, -0.15) is 0 Å². The first kappa shape index (κ1) is 11.4. The fraction of sp³-hybridized carbons (Fsp3) is 0.364. The van der Waals surface area contributed by atoms with Gasteiger partial charge in [-0.05, 0) is 12.5 Å². The molecule has 1 unspecified atom stereocenters. The lowest BCUT2D eigenvalue weighted by molar-refractivity contribution is -0.122. The van der Waals surface area contributed by atoms with Gasteiger partial charge in [0.1, 0.15) is 5.50 Å². The Morgan fingerprint density at radius 1 is 1.50 bits per heavy atom. The smallest absolute Gasteiger partial charge is 0.237 e. The van der Waals surface area contributed by atoms with Gasteiger partial charge in [0.25, 0.3) is 0 Å². The van der Waals surface area contributed by atoms with Crippen molar-refractivity contribution in [2.45, 2.75) is 18.2 Å². The first-order valence-corrected chi connectivity index (χ1v) is 6.24. The molecule has 0 spiro atoms. The highest BCUT2D eigenvalue weighted by molar-refractivity contribution is 7.99. The zero-order chi connectivity index (χ0) is 11.4. The van der Waals surface area contributed by atoms with Crippen LogP contribution in [0.2, 0.25) is 0 Å². The number of nitrogens with one attached hydrogen (secondary N) is 3. The third kappa shape index (κ3) is 3.23. The lowest BCUT2D eigenvalue weighted by Gasteiger charge is -2.24. The zero-order valence-electron chi connectivity index (χ0n) is 9.12. The van der Waals surface area contributed by atoms with Crippen LogP contribution in [-0.4, -0.2) is 17.9 Å². The standard InChI is InChI=1S/C11H15N3OS/c1-8-3-2-4-9(5-8)7-16-11-13-10(15)6-12-14-11/h2-5,11-12,14H,6-7H2,1H3,(H,13,15). The van der Waals surface area contributed by atoms with E-state index >= 15 is 0 Å². The Balaban J connectivity index is 1.85. The summed E-state index contributed by atoms with van der Waals surface area (Å²) in [6.07, 6.45) is 0. The summed E-state index contributed by atoms with van der Waals surface area (Å²) in [6.45, 7) is 2.41. The number of amides is 1. The Bertz CT molecular complexity index is 383. The quantitative estimate of drug-likeness (QED) is 0.725. The van der Waals surface area contributed by atoms with Gasteiger partial charge in [-0.25, -0.2) is 10.9 Å². The molecule has 0 saturated carbocycles. The minimum atomic E-state index is -0.0539. The van der Waals surface area contributed by atoms with Crippen LogP contribution in [0.5, 0.6) is 0 Å². The third-order valence-electron chi connectivity index (χ3n) is 2.27. The summed E-state index contributed by atoms with van der Waals surface area (Å²) in [5, 5.41) is 2.85. The SMILES string of the molecule is Cc1cccc(CSC2NNCC(=O)N2)c1. The van der Waals surface area contributed by atoms with Gasteiger partial charge in [0.05, 0.1) is 6.54 Å². The van der Waals surface area contributed by atoms with E-state index in [1.54, 1.807) is 11.8 Å². The van der Waals surface area contributed by atoms with E-state index < -0.39 is 0 Å². The molecule has 0 radical (unpaired) electrons. The van der Waals surface area contributed by atoms with Crippen LogP contribution in [0, 0.1) is 6.92 Å². The van der Waals surface area contributed by atoms with Crippen LogP contribution >= 0.6 is 11.8 Å². The van der Waals surface area contributed by atoms with Gasteiger partial charge < -0.3 is 5.32 Å². The molecule has 1 atom stereocenters. The summed E-state index contributed by atoms with van der Waals surface area (Å²) in [5.74, 6) is 0.905. The average molecular weight is 237 g/mol. The molecule has 86 valence electrons. The molecule has 1 saturated heterocycles. The van der Waals surface area contributed by atoms with Crippen LogP contribution in [0.25, 0.3) is 0 Å². The van der Waals surface area contributed by atoms with E-state index in [9.17, 15) is 4.79 Å². The topological polar surface area (TPSA) is 53.2 Å². The summed E-state index contributed by atoms with van der Waals surface area (Å²) >= 11 is 1.66. The Kier molecular flexibility index (Phi) is 3.82. The van der Waals surface area contributed by atoms with Gasteiger partial charge >= 0.3 is 0 Å². The molecule has 2 rings (SSSR count). The molecular weight excluding hydrogens is 222 g/mol. The van der Waals surface area contributed by atoms with Gasteiger partial charge in [-0.1, -0.05) is 29.8 Å². The average Bonchev–Trinajstić information content (AvgIpc) is 2.27. The Labute approximate surface area is 99.2 Å². The van der Waals surface area contributed by atoms with E-state index in [0.717, 1.165) is 5.75 Å². The molecule has 3 N–H and O–H groups in total. The van der Waals surface area contributed by atoms with Crippen molar-refractivity contribution in [2.24, 2.45) is 0 Å². The van der Waals surface area contributed by atoms with Gasteiger partial charge in [0.15, 0.2) is 0 Å². The molecule has 4 nitrogen and oxygen atoms in total.